The minimum atomic E-state index is -0.875. The van der Waals surface area contributed by atoms with E-state index in [4.69, 9.17) is 4.74 Å². The van der Waals surface area contributed by atoms with Gasteiger partial charge < -0.3 is 4.74 Å². The molecule has 0 atom stereocenters. The number of anilines is 1. The Morgan fingerprint density at radius 2 is 1.97 bits per heavy atom. The van der Waals surface area contributed by atoms with Crippen LogP contribution in [0.4, 0.5) is 13.9 Å². The highest BCUT2D eigenvalue weighted by Crippen LogP contribution is 2.24. The molecule has 0 spiro atoms. The summed E-state index contributed by atoms with van der Waals surface area (Å²) in [5.74, 6) is -1.99. The van der Waals surface area contributed by atoms with Crippen LogP contribution in [0.5, 0.6) is 0 Å². The number of benzene rings is 2. The highest BCUT2D eigenvalue weighted by atomic mass is 32.1. The van der Waals surface area contributed by atoms with Crippen LogP contribution in [0.25, 0.3) is 5.57 Å². The average Bonchev–Trinajstić information content (AvgIpc) is 3.18. The van der Waals surface area contributed by atoms with Gasteiger partial charge in [-0.15, -0.1) is 11.3 Å². The van der Waals surface area contributed by atoms with E-state index in [2.05, 4.69) is 16.4 Å². The molecule has 2 heterocycles. The highest BCUT2D eigenvalue weighted by molar-refractivity contribution is 7.15. The van der Waals surface area contributed by atoms with Crippen LogP contribution in [0.15, 0.2) is 54.7 Å². The van der Waals surface area contributed by atoms with Gasteiger partial charge in [0.15, 0.2) is 16.8 Å². The van der Waals surface area contributed by atoms with Crippen LogP contribution >= 0.6 is 11.3 Å². The Morgan fingerprint density at radius 3 is 2.69 bits per heavy atom. The minimum absolute atomic E-state index is 0.244. The van der Waals surface area contributed by atoms with Gasteiger partial charge in [0, 0.05) is 23.1 Å². The number of nitrogens with zero attached hydrogens (tertiary/aromatic N) is 1. The Labute approximate surface area is 170 Å². The zero-order valence-electron chi connectivity index (χ0n) is 15.5. The lowest BCUT2D eigenvalue weighted by Gasteiger charge is -2.13. The van der Waals surface area contributed by atoms with Gasteiger partial charge in [-0.1, -0.05) is 24.3 Å². The van der Waals surface area contributed by atoms with Crippen LogP contribution in [0, 0.1) is 11.6 Å². The second kappa shape index (κ2) is 8.63. The predicted molar refractivity (Wildman–Crippen MR) is 109 cm³/mol. The van der Waals surface area contributed by atoms with Crippen LogP contribution in [-0.2, 0) is 11.2 Å². The molecule has 0 unspecified atom stereocenters. The first kappa shape index (κ1) is 19.4. The maximum atomic E-state index is 13.3. The smallest absolute Gasteiger partial charge is 0.257 e. The number of halogens is 2. The number of ether oxygens (including phenoxy) is 1. The quantitative estimate of drug-likeness (QED) is 0.637. The van der Waals surface area contributed by atoms with Crippen molar-refractivity contribution in [1.82, 2.24) is 4.98 Å². The maximum Gasteiger partial charge on any atom is 0.257 e. The van der Waals surface area contributed by atoms with Crippen molar-refractivity contribution < 1.29 is 18.3 Å². The van der Waals surface area contributed by atoms with Crippen LogP contribution in [0.3, 0.4) is 0 Å². The Morgan fingerprint density at radius 1 is 1.14 bits per heavy atom. The van der Waals surface area contributed by atoms with E-state index in [1.54, 1.807) is 18.3 Å². The molecule has 0 aliphatic carbocycles. The molecule has 1 aliphatic rings. The third kappa shape index (κ3) is 4.75. The Hall–Kier alpha value is -2.90. The number of nitrogens with one attached hydrogen (secondary N) is 1. The van der Waals surface area contributed by atoms with Crippen LogP contribution < -0.4 is 5.32 Å². The first-order valence-electron chi connectivity index (χ1n) is 9.16. The van der Waals surface area contributed by atoms with E-state index in [0.717, 1.165) is 22.9 Å². The molecule has 0 saturated carbocycles. The fourth-order valence-corrected chi connectivity index (χ4v) is 3.93. The molecular weight excluding hydrogens is 394 g/mol. The molecule has 148 valence electrons. The summed E-state index contributed by atoms with van der Waals surface area (Å²) in [7, 11) is 0. The second-order valence-corrected chi connectivity index (χ2v) is 7.76. The molecule has 3 aromatic rings. The summed E-state index contributed by atoms with van der Waals surface area (Å²) >= 11 is 1.30. The monoisotopic (exact) mass is 412 g/mol. The minimum Gasteiger partial charge on any atom is -0.377 e. The molecule has 1 aromatic heterocycles. The maximum absolute atomic E-state index is 13.3. The van der Waals surface area contributed by atoms with Crippen molar-refractivity contribution in [3.63, 3.8) is 0 Å². The molecule has 0 radical (unpaired) electrons. The van der Waals surface area contributed by atoms with Crippen molar-refractivity contribution >= 4 is 27.9 Å². The first-order chi connectivity index (χ1) is 14.1. The SMILES string of the molecule is O=C(Nc1ncc(Cc2ccc(F)c(F)c2)s1)c1ccc(C2=CCOCC2)cc1. The van der Waals surface area contributed by atoms with Gasteiger partial charge in [-0.2, -0.15) is 0 Å². The Kier molecular flexibility index (Phi) is 5.78. The molecule has 4 rings (SSSR count). The molecule has 4 nitrogen and oxygen atoms in total. The van der Waals surface area contributed by atoms with Crippen LogP contribution in [0.2, 0.25) is 0 Å². The summed E-state index contributed by atoms with van der Waals surface area (Å²) in [6.45, 7) is 1.33. The molecular formula is C22H18F2N2O2S. The van der Waals surface area contributed by atoms with Gasteiger partial charge in [0.25, 0.3) is 5.91 Å². The van der Waals surface area contributed by atoms with E-state index >= 15 is 0 Å². The summed E-state index contributed by atoms with van der Waals surface area (Å²) < 4.78 is 31.7. The van der Waals surface area contributed by atoms with Crippen molar-refractivity contribution in [2.24, 2.45) is 0 Å². The number of carbonyl (C=O) groups is 1. The lowest BCUT2D eigenvalue weighted by molar-refractivity contribution is 0.102. The molecule has 1 amide bonds. The number of hydrogen-bond acceptors (Lipinski definition) is 4. The van der Waals surface area contributed by atoms with E-state index in [9.17, 15) is 13.6 Å². The standard InChI is InChI=1S/C22H18F2N2O2S/c23-19-6-1-14(12-20(19)24)11-18-13-25-22(29-18)26-21(27)17-4-2-15(3-5-17)16-7-9-28-10-8-16/h1-7,12-13H,8-11H2,(H,25,26,27). The summed E-state index contributed by atoms with van der Waals surface area (Å²) in [6, 6.07) is 11.3. The number of amides is 1. The zero-order chi connectivity index (χ0) is 20.2. The van der Waals surface area contributed by atoms with Crippen LogP contribution in [0.1, 0.15) is 32.8 Å². The predicted octanol–water partition coefficient (Wildman–Crippen LogP) is 5.07. The van der Waals surface area contributed by atoms with Gasteiger partial charge in [-0.25, -0.2) is 13.8 Å². The van der Waals surface area contributed by atoms with E-state index in [1.807, 2.05) is 12.1 Å². The van der Waals surface area contributed by atoms with Gasteiger partial charge in [-0.3, -0.25) is 10.1 Å². The van der Waals surface area contributed by atoms with Gasteiger partial charge in [-0.05, 0) is 47.4 Å². The Bertz CT molecular complexity index is 1060. The number of hydrogen-bond donors (Lipinski definition) is 1. The Balaban J connectivity index is 1.39. The topological polar surface area (TPSA) is 51.2 Å². The summed E-state index contributed by atoms with van der Waals surface area (Å²) in [6.07, 6.45) is 4.97. The fraction of sp³-hybridized carbons (Fsp3) is 0.182. The highest BCUT2D eigenvalue weighted by Gasteiger charge is 2.12. The molecule has 7 heteroatoms. The molecule has 2 aromatic carbocycles. The average molecular weight is 412 g/mol. The molecule has 0 bridgehead atoms. The lowest BCUT2D eigenvalue weighted by atomic mass is 10.0. The number of rotatable bonds is 5. The fourth-order valence-electron chi connectivity index (χ4n) is 3.09. The van der Waals surface area contributed by atoms with Gasteiger partial charge in [0.1, 0.15) is 0 Å². The van der Waals surface area contributed by atoms with Crippen molar-refractivity contribution in [2.45, 2.75) is 12.8 Å². The first-order valence-corrected chi connectivity index (χ1v) is 9.97. The van der Waals surface area contributed by atoms with Crippen molar-refractivity contribution in [3.8, 4) is 0 Å². The molecule has 0 saturated heterocycles. The summed E-state index contributed by atoms with van der Waals surface area (Å²) in [5, 5.41) is 3.25. The largest absolute Gasteiger partial charge is 0.377 e. The molecule has 1 aliphatic heterocycles. The van der Waals surface area contributed by atoms with Gasteiger partial charge in [0.05, 0.1) is 13.2 Å². The molecule has 1 N–H and O–H groups in total. The van der Waals surface area contributed by atoms with Gasteiger partial charge >= 0.3 is 0 Å². The number of carbonyl (C=O) groups excluding carboxylic acids is 1. The van der Waals surface area contributed by atoms with Gasteiger partial charge in [0.2, 0.25) is 0 Å². The van der Waals surface area contributed by atoms with Crippen molar-refractivity contribution in [3.05, 3.63) is 87.9 Å². The lowest BCUT2D eigenvalue weighted by Crippen LogP contribution is -2.11. The third-order valence-corrected chi connectivity index (χ3v) is 5.53. The molecule has 29 heavy (non-hydrogen) atoms. The van der Waals surface area contributed by atoms with Crippen molar-refractivity contribution in [1.29, 1.82) is 0 Å². The van der Waals surface area contributed by atoms with E-state index in [0.29, 0.717) is 35.9 Å². The van der Waals surface area contributed by atoms with E-state index in [-0.39, 0.29) is 5.91 Å². The normalized spacial score (nSPS) is 13.8. The van der Waals surface area contributed by atoms with E-state index in [1.165, 1.54) is 29.0 Å². The third-order valence-electron chi connectivity index (χ3n) is 4.62. The van der Waals surface area contributed by atoms with E-state index < -0.39 is 11.6 Å². The zero-order valence-corrected chi connectivity index (χ0v) is 16.3. The number of thiazole rings is 1. The summed E-state index contributed by atoms with van der Waals surface area (Å²) in [5.41, 5.74) is 3.50. The second-order valence-electron chi connectivity index (χ2n) is 6.64. The molecule has 0 fully saturated rings. The number of aromatic nitrogens is 1. The summed E-state index contributed by atoms with van der Waals surface area (Å²) in [4.78, 5) is 17.5. The van der Waals surface area contributed by atoms with Crippen molar-refractivity contribution in [2.75, 3.05) is 18.5 Å². The van der Waals surface area contributed by atoms with Crippen LogP contribution in [-0.4, -0.2) is 24.1 Å².